The molecule has 1 saturated heterocycles. The van der Waals surface area contributed by atoms with Gasteiger partial charge < -0.3 is 74.0 Å². The molecule has 16 N–H and O–H groups in total. The second-order valence-electron chi connectivity index (χ2n) is 18.4. The topological polar surface area (TPSA) is 417 Å². The third-order valence-electron chi connectivity index (χ3n) is 11.2. The minimum Gasteiger partial charge on any atom is -0.508 e. The van der Waals surface area contributed by atoms with Crippen LogP contribution in [0.2, 0.25) is 0 Å². The summed E-state index contributed by atoms with van der Waals surface area (Å²) in [6, 6.07) is -5.02. The third kappa shape index (κ3) is 21.1. The van der Waals surface area contributed by atoms with Gasteiger partial charge in [0.2, 0.25) is 41.4 Å². The molecule has 27 heteroatoms. The molecule has 0 bridgehead atoms. The summed E-state index contributed by atoms with van der Waals surface area (Å²) in [5, 5.41) is 35.0. The first-order chi connectivity index (χ1) is 33.4. The van der Waals surface area contributed by atoms with E-state index >= 15 is 0 Å². The molecule has 1 aromatic rings. The Morgan fingerprint density at radius 1 is 0.817 bits per heavy atom. The number of phenolic OH excluding ortho intramolecular Hbond substituents is 1. The van der Waals surface area contributed by atoms with Crippen molar-refractivity contribution in [2.45, 2.75) is 140 Å². The van der Waals surface area contributed by atoms with Gasteiger partial charge in [-0.1, -0.05) is 39.8 Å². The molecule has 0 saturated carbocycles. The lowest BCUT2D eigenvalue weighted by atomic mass is 9.99. The fourth-order valence-electron chi connectivity index (χ4n) is 7.63. The van der Waals surface area contributed by atoms with E-state index in [-0.39, 0.29) is 75.3 Å². The van der Waals surface area contributed by atoms with Crippen LogP contribution >= 0.6 is 7.82 Å². The van der Waals surface area contributed by atoms with Crippen molar-refractivity contribution in [3.05, 3.63) is 29.8 Å². The number of benzene rings is 1. The Hall–Kier alpha value is -6.05. The zero-order valence-corrected chi connectivity index (χ0v) is 41.6. The van der Waals surface area contributed by atoms with Crippen molar-refractivity contribution in [2.24, 2.45) is 44.0 Å². The van der Waals surface area contributed by atoms with Crippen molar-refractivity contribution in [1.82, 2.24) is 36.8 Å². The lowest BCUT2D eigenvalue weighted by molar-refractivity contribution is -0.142. The number of phosphoric ester groups is 1. The zero-order chi connectivity index (χ0) is 53.0. The molecule has 26 nitrogen and oxygen atoms in total. The maximum absolute atomic E-state index is 14.4. The minimum atomic E-state index is -5.28. The quantitative estimate of drug-likeness (QED) is 0.0168. The summed E-state index contributed by atoms with van der Waals surface area (Å²) in [4.78, 5) is 130. The average Bonchev–Trinajstić information content (AvgIpc) is 4.01. The van der Waals surface area contributed by atoms with E-state index < -0.39 is 110 Å². The van der Waals surface area contributed by atoms with Gasteiger partial charge in [0.15, 0.2) is 5.96 Å². The molecular weight excluding hydrogens is 950 g/mol. The van der Waals surface area contributed by atoms with Gasteiger partial charge in [-0.05, 0) is 75.0 Å². The number of guanidine groups is 1. The number of phenols is 1. The zero-order valence-electron chi connectivity index (χ0n) is 40.7. The number of aromatic hydroxyl groups is 1. The lowest BCUT2D eigenvalue weighted by Crippen LogP contribution is -2.61. The highest BCUT2D eigenvalue weighted by molar-refractivity contribution is 7.46. The highest BCUT2D eigenvalue weighted by Crippen LogP contribution is 2.35. The number of nitrogens with zero attached hydrogens (tertiary/aromatic N) is 4. The molecule has 71 heavy (non-hydrogen) atoms. The molecule has 0 radical (unpaired) electrons. The Kier molecular flexibility index (Phi) is 24.0. The Bertz CT molecular complexity index is 2110. The Morgan fingerprint density at radius 2 is 1.38 bits per heavy atom. The number of hydrogen-bond acceptors (Lipinski definition) is 15. The third-order valence-corrected chi connectivity index (χ3v) is 11.7. The van der Waals surface area contributed by atoms with E-state index in [1.165, 1.54) is 41.7 Å². The van der Waals surface area contributed by atoms with Crippen molar-refractivity contribution >= 4 is 67.7 Å². The van der Waals surface area contributed by atoms with Crippen molar-refractivity contribution in [1.29, 1.82) is 0 Å². The molecule has 1 fully saturated rings. The second-order valence-corrected chi connectivity index (χ2v) is 19.7. The number of carbonyl (C=O) groups excluding carboxylic acids is 7. The van der Waals surface area contributed by atoms with E-state index in [2.05, 4.69) is 51.4 Å². The maximum Gasteiger partial charge on any atom is 0.469 e. The van der Waals surface area contributed by atoms with Gasteiger partial charge in [0.25, 0.3) is 0 Å². The molecule has 7 amide bonds. The summed E-state index contributed by atoms with van der Waals surface area (Å²) in [5.41, 5.74) is 17.3. The summed E-state index contributed by atoms with van der Waals surface area (Å²) in [7, 11) is -5.28. The summed E-state index contributed by atoms with van der Waals surface area (Å²) < 4.78 is 16.6. The summed E-state index contributed by atoms with van der Waals surface area (Å²) in [6.07, 6.45) is 3.60. The van der Waals surface area contributed by atoms with E-state index in [9.17, 15) is 58.1 Å². The van der Waals surface area contributed by atoms with Crippen LogP contribution in [0, 0.1) is 11.8 Å². The fourth-order valence-corrected chi connectivity index (χ4v) is 7.97. The number of carbonyl (C=O) groups is 7. The predicted octanol–water partition coefficient (Wildman–Crippen LogP) is -2.70. The van der Waals surface area contributed by atoms with Crippen LogP contribution in [0.3, 0.4) is 0 Å². The van der Waals surface area contributed by atoms with Gasteiger partial charge in [-0.3, -0.25) is 48.1 Å². The molecule has 0 spiro atoms. The number of phosphoric acid groups is 1. The van der Waals surface area contributed by atoms with E-state index in [0.717, 1.165) is 0 Å². The Balaban J connectivity index is 1.94. The van der Waals surface area contributed by atoms with Gasteiger partial charge in [0, 0.05) is 38.2 Å². The highest BCUT2D eigenvalue weighted by Gasteiger charge is 2.40. The van der Waals surface area contributed by atoms with Crippen LogP contribution in [0.4, 0.5) is 0 Å². The summed E-state index contributed by atoms with van der Waals surface area (Å²) >= 11 is 0. The van der Waals surface area contributed by atoms with Crippen molar-refractivity contribution in [2.75, 3.05) is 26.3 Å². The van der Waals surface area contributed by atoms with Crippen LogP contribution in [0.1, 0.15) is 85.1 Å². The van der Waals surface area contributed by atoms with Crippen LogP contribution in [0.5, 0.6) is 5.75 Å². The van der Waals surface area contributed by atoms with Crippen LogP contribution in [0.25, 0.3) is 0 Å². The molecule has 1 aromatic carbocycles. The van der Waals surface area contributed by atoms with Crippen molar-refractivity contribution in [3.63, 3.8) is 0 Å². The minimum absolute atomic E-state index is 0.0452. The largest absolute Gasteiger partial charge is 0.508 e. The van der Waals surface area contributed by atoms with Gasteiger partial charge >= 0.3 is 7.82 Å². The lowest BCUT2D eigenvalue weighted by Gasteiger charge is -2.31. The molecule has 1 unspecified atom stereocenters. The molecule has 396 valence electrons. The molecular formula is C44H72N13O13P. The van der Waals surface area contributed by atoms with Gasteiger partial charge in [0.1, 0.15) is 48.3 Å². The van der Waals surface area contributed by atoms with Gasteiger partial charge in [-0.15, -0.1) is 0 Å². The number of nitrogens with one attached hydrogen (secondary N) is 6. The number of nitrogens with two attached hydrogens (primary N) is 3. The fraction of sp³-hybridized carbons (Fsp3) is 0.636. The van der Waals surface area contributed by atoms with E-state index in [1.807, 2.05) is 13.8 Å². The Morgan fingerprint density at radius 3 is 1.97 bits per heavy atom. The second kappa shape index (κ2) is 28.7. The normalized spacial score (nSPS) is 18.4. The molecule has 2 aliphatic rings. The molecule has 2 aliphatic heterocycles. The van der Waals surface area contributed by atoms with Gasteiger partial charge in [0.05, 0.1) is 25.3 Å². The molecule has 0 aliphatic carbocycles. The Labute approximate surface area is 412 Å². The first kappa shape index (κ1) is 59.3. The highest BCUT2D eigenvalue weighted by atomic mass is 31.2. The first-order valence-corrected chi connectivity index (χ1v) is 25.0. The SMILES string of the molecule is CC(C)C[C@H](NC(=O)[C@@H](N)CCCN=C(N)N)C(=O)N[C@@H](Cc1ccc(O)cc1)C(=O)N[C@@H](CC1C=NC=N1)C(=O)N[C@@H](COP(=O)(O)O)C(=O)N[C@@H](CC(C)C)C(=O)N1CCC[C@H]1C(=O)N[C@@H](C)CO. The van der Waals surface area contributed by atoms with Crippen LogP contribution in [-0.4, -0.2) is 165 Å². The van der Waals surface area contributed by atoms with Crippen molar-refractivity contribution < 1.29 is 62.7 Å². The van der Waals surface area contributed by atoms with Crippen LogP contribution in [0.15, 0.2) is 39.2 Å². The summed E-state index contributed by atoms with van der Waals surface area (Å²) in [6.45, 7) is 7.70. The van der Waals surface area contributed by atoms with Crippen LogP contribution in [-0.2, 0) is 49.1 Å². The first-order valence-electron chi connectivity index (χ1n) is 23.4. The maximum atomic E-state index is 14.4. The monoisotopic (exact) mass is 1020 g/mol. The summed E-state index contributed by atoms with van der Waals surface area (Å²) in [5.74, 6) is -6.21. The van der Waals surface area contributed by atoms with Gasteiger partial charge in [-0.2, -0.15) is 0 Å². The average molecular weight is 1020 g/mol. The number of likely N-dealkylation sites (tertiary alicyclic amines) is 1. The smallest absolute Gasteiger partial charge is 0.469 e. The molecule has 0 aromatic heterocycles. The number of hydrogen-bond donors (Lipinski definition) is 13. The molecule has 3 rings (SSSR count). The predicted molar refractivity (Wildman–Crippen MR) is 261 cm³/mol. The van der Waals surface area contributed by atoms with E-state index in [1.54, 1.807) is 20.8 Å². The molecule has 9 atom stereocenters. The van der Waals surface area contributed by atoms with Crippen molar-refractivity contribution in [3.8, 4) is 5.75 Å². The number of aliphatic imine (C=N–C) groups is 3. The number of rotatable bonds is 29. The van der Waals surface area contributed by atoms with E-state index in [0.29, 0.717) is 24.8 Å². The number of aliphatic hydroxyl groups excluding tert-OH is 1. The van der Waals surface area contributed by atoms with E-state index in [4.69, 9.17) is 17.2 Å². The standard InChI is InChI=1S/C44H72N13O13P/c1-24(2)16-31(52-37(60)30(45)8-6-14-49-44(46)47)38(61)53-32(18-27-10-12-29(59)13-11-27)39(62)54-33(19-28-20-48-23-50-28)40(63)56-35(22-70-71(67,68)69)41(64)55-34(17-25(3)4)43(66)57-15-7-9-36(57)42(65)51-26(5)21-58/h10-13,20,23-26,28,30-36,58-59H,6-9,14-19,21-22,45H2,1-5H3,(H,51,65)(H,52,60)(H,53,61)(H,54,62)(H,55,64)(H,56,63)(H4,46,47,49)(H2,67,68,69)/t26-,28?,30-,31-,32-,33-,34-,35-,36-/m0/s1. The number of amides is 7. The van der Waals surface area contributed by atoms with Gasteiger partial charge in [-0.25, -0.2) is 9.56 Å². The number of aliphatic hydroxyl groups is 1. The molecule has 2 heterocycles. The van der Waals surface area contributed by atoms with Crippen LogP contribution < -0.4 is 49.1 Å².